The second-order valence-corrected chi connectivity index (χ2v) is 6.21. The molecule has 0 atom stereocenters. The van der Waals surface area contributed by atoms with E-state index in [-0.39, 0.29) is 5.91 Å². The molecule has 1 amide bonds. The number of imidazole rings is 1. The van der Waals surface area contributed by atoms with Crippen LogP contribution in [0.15, 0.2) is 42.5 Å². The molecular weight excluding hydrogens is 326 g/mol. The van der Waals surface area contributed by atoms with Crippen molar-refractivity contribution >= 4 is 34.2 Å². The predicted octanol–water partition coefficient (Wildman–Crippen LogP) is 3.50. The van der Waals surface area contributed by atoms with E-state index in [0.717, 1.165) is 29.1 Å². The number of ether oxygens (including phenoxy) is 1. The zero-order valence-corrected chi connectivity index (χ0v) is 14.0. The lowest BCUT2D eigenvalue weighted by molar-refractivity contribution is 0.0830. The van der Waals surface area contributed by atoms with E-state index in [9.17, 15) is 4.79 Å². The molecule has 0 unspecified atom stereocenters. The topological polar surface area (TPSA) is 47.4 Å². The fraction of sp³-hybridized carbons (Fsp3) is 0.222. The van der Waals surface area contributed by atoms with Gasteiger partial charge in [0.15, 0.2) is 0 Å². The molecule has 0 aliphatic carbocycles. The first-order valence-corrected chi connectivity index (χ1v) is 8.12. The van der Waals surface area contributed by atoms with Gasteiger partial charge in [0.1, 0.15) is 12.4 Å². The van der Waals surface area contributed by atoms with Gasteiger partial charge >= 0.3 is 0 Å². The Morgan fingerprint density at radius 2 is 2.04 bits per heavy atom. The Morgan fingerprint density at radius 1 is 1.25 bits per heavy atom. The molecule has 1 aromatic heterocycles. The van der Waals surface area contributed by atoms with Gasteiger partial charge in [-0.15, -0.1) is 0 Å². The van der Waals surface area contributed by atoms with Gasteiger partial charge in [-0.1, -0.05) is 11.6 Å². The number of rotatable bonds is 2. The maximum Gasteiger partial charge on any atom is 0.258 e. The summed E-state index contributed by atoms with van der Waals surface area (Å²) in [6.45, 7) is 2.05. The molecular formula is C18H16ClN3O2. The zero-order valence-electron chi connectivity index (χ0n) is 13.2. The van der Waals surface area contributed by atoms with Gasteiger partial charge < -0.3 is 14.2 Å². The Hall–Kier alpha value is -2.37. The number of hydrogen-bond donors (Lipinski definition) is 0. The summed E-state index contributed by atoms with van der Waals surface area (Å²) in [6, 6.07) is 12.8. The smallest absolute Gasteiger partial charge is 0.258 e. The van der Waals surface area contributed by atoms with Gasteiger partial charge in [0.05, 0.1) is 17.6 Å². The van der Waals surface area contributed by atoms with Gasteiger partial charge in [-0.25, -0.2) is 4.98 Å². The van der Waals surface area contributed by atoms with Gasteiger partial charge in [0.2, 0.25) is 0 Å². The first-order chi connectivity index (χ1) is 11.6. The molecule has 0 fully saturated rings. The molecule has 2 heterocycles. The lowest BCUT2D eigenvalue weighted by Gasteiger charge is -2.18. The average molecular weight is 342 g/mol. The minimum atomic E-state index is -0.0849. The highest BCUT2D eigenvalue weighted by atomic mass is 35.5. The van der Waals surface area contributed by atoms with Crippen LogP contribution in [-0.4, -0.2) is 29.1 Å². The SMILES string of the molecule is CN(C(=O)c1ccc(Cl)cc1)c1ccc2c(c1)nc1n2CCOC1. The van der Waals surface area contributed by atoms with Gasteiger partial charge in [-0.2, -0.15) is 0 Å². The van der Waals surface area contributed by atoms with Crippen LogP contribution in [0, 0.1) is 0 Å². The molecule has 0 N–H and O–H groups in total. The molecule has 122 valence electrons. The zero-order chi connectivity index (χ0) is 16.7. The number of halogens is 1. The maximum absolute atomic E-state index is 12.6. The van der Waals surface area contributed by atoms with Crippen LogP contribution in [-0.2, 0) is 17.9 Å². The van der Waals surface area contributed by atoms with Crippen molar-refractivity contribution in [2.45, 2.75) is 13.2 Å². The molecule has 1 aliphatic rings. The van der Waals surface area contributed by atoms with Crippen molar-refractivity contribution < 1.29 is 9.53 Å². The number of aromatic nitrogens is 2. The first kappa shape index (κ1) is 15.2. The summed E-state index contributed by atoms with van der Waals surface area (Å²) in [5, 5.41) is 0.612. The number of nitrogens with zero attached hydrogens (tertiary/aromatic N) is 3. The molecule has 2 aromatic carbocycles. The van der Waals surface area contributed by atoms with Crippen molar-refractivity contribution in [3.8, 4) is 0 Å². The molecule has 6 heteroatoms. The maximum atomic E-state index is 12.6. The fourth-order valence-electron chi connectivity index (χ4n) is 2.96. The van der Waals surface area contributed by atoms with Gasteiger partial charge in [-0.05, 0) is 42.5 Å². The van der Waals surface area contributed by atoms with Crippen LogP contribution in [0.2, 0.25) is 5.02 Å². The minimum absolute atomic E-state index is 0.0849. The summed E-state index contributed by atoms with van der Waals surface area (Å²) in [5.41, 5.74) is 3.35. The number of fused-ring (bicyclic) bond motifs is 3. The molecule has 3 aromatic rings. The number of anilines is 1. The Balaban J connectivity index is 1.68. The summed E-state index contributed by atoms with van der Waals surface area (Å²) in [5.74, 6) is 0.846. The van der Waals surface area contributed by atoms with Crippen molar-refractivity contribution in [2.24, 2.45) is 0 Å². The summed E-state index contributed by atoms with van der Waals surface area (Å²) in [4.78, 5) is 18.9. The molecule has 5 nitrogen and oxygen atoms in total. The standard InChI is InChI=1S/C18H16ClN3O2/c1-21(18(23)12-2-4-13(19)5-3-12)14-6-7-16-15(10-14)20-17-11-24-9-8-22(16)17/h2-7,10H,8-9,11H2,1H3. The summed E-state index contributed by atoms with van der Waals surface area (Å²) >= 11 is 5.88. The number of carbonyl (C=O) groups is 1. The summed E-state index contributed by atoms with van der Waals surface area (Å²) < 4.78 is 7.62. The first-order valence-electron chi connectivity index (χ1n) is 7.74. The summed E-state index contributed by atoms with van der Waals surface area (Å²) in [7, 11) is 1.76. The van der Waals surface area contributed by atoms with Crippen LogP contribution in [0.1, 0.15) is 16.2 Å². The third kappa shape index (κ3) is 2.56. The van der Waals surface area contributed by atoms with Crippen LogP contribution in [0.25, 0.3) is 11.0 Å². The van der Waals surface area contributed by atoms with Crippen LogP contribution in [0.3, 0.4) is 0 Å². The number of carbonyl (C=O) groups excluding carboxylic acids is 1. The van der Waals surface area contributed by atoms with E-state index in [1.165, 1.54) is 0 Å². The molecule has 0 radical (unpaired) electrons. The molecule has 0 saturated heterocycles. The number of hydrogen-bond acceptors (Lipinski definition) is 3. The van der Waals surface area contributed by atoms with E-state index in [4.69, 9.17) is 16.3 Å². The Morgan fingerprint density at radius 3 is 2.83 bits per heavy atom. The van der Waals surface area contributed by atoms with Crippen LogP contribution >= 0.6 is 11.6 Å². The lowest BCUT2D eigenvalue weighted by Crippen LogP contribution is -2.26. The van der Waals surface area contributed by atoms with Crippen molar-refractivity contribution in [3.63, 3.8) is 0 Å². The quantitative estimate of drug-likeness (QED) is 0.716. The molecule has 1 aliphatic heterocycles. The highest BCUT2D eigenvalue weighted by molar-refractivity contribution is 6.30. The fourth-order valence-corrected chi connectivity index (χ4v) is 3.09. The monoisotopic (exact) mass is 341 g/mol. The van der Waals surface area contributed by atoms with Crippen LogP contribution in [0.5, 0.6) is 0 Å². The van der Waals surface area contributed by atoms with E-state index < -0.39 is 0 Å². The molecule has 0 bridgehead atoms. The van der Waals surface area contributed by atoms with Crippen molar-refractivity contribution in [1.29, 1.82) is 0 Å². The van der Waals surface area contributed by atoms with Gasteiger partial charge in [0, 0.05) is 29.9 Å². The summed E-state index contributed by atoms with van der Waals surface area (Å²) in [6.07, 6.45) is 0. The van der Waals surface area contributed by atoms with Gasteiger partial charge in [-0.3, -0.25) is 4.79 Å². The second-order valence-electron chi connectivity index (χ2n) is 5.78. The van der Waals surface area contributed by atoms with E-state index in [0.29, 0.717) is 23.8 Å². The molecule has 4 rings (SSSR count). The van der Waals surface area contributed by atoms with Crippen molar-refractivity contribution in [1.82, 2.24) is 9.55 Å². The molecule has 0 spiro atoms. The Bertz CT molecular complexity index is 918. The normalized spacial score (nSPS) is 13.8. The lowest BCUT2D eigenvalue weighted by atomic mass is 10.2. The third-order valence-electron chi connectivity index (χ3n) is 4.28. The highest BCUT2D eigenvalue weighted by Gasteiger charge is 2.18. The number of benzene rings is 2. The van der Waals surface area contributed by atoms with Gasteiger partial charge in [0.25, 0.3) is 5.91 Å². The van der Waals surface area contributed by atoms with E-state index in [1.807, 2.05) is 18.2 Å². The largest absolute Gasteiger partial charge is 0.372 e. The number of amides is 1. The van der Waals surface area contributed by atoms with Crippen molar-refractivity contribution in [2.75, 3.05) is 18.6 Å². The highest BCUT2D eigenvalue weighted by Crippen LogP contribution is 2.25. The molecule has 0 saturated carbocycles. The third-order valence-corrected chi connectivity index (χ3v) is 4.54. The second kappa shape index (κ2) is 5.92. The van der Waals surface area contributed by atoms with Crippen LogP contribution < -0.4 is 4.90 Å². The van der Waals surface area contributed by atoms with E-state index in [2.05, 4.69) is 9.55 Å². The van der Waals surface area contributed by atoms with Crippen molar-refractivity contribution in [3.05, 3.63) is 58.9 Å². The predicted molar refractivity (Wildman–Crippen MR) is 93.6 cm³/mol. The molecule has 24 heavy (non-hydrogen) atoms. The Kier molecular flexibility index (Phi) is 3.75. The average Bonchev–Trinajstić information content (AvgIpc) is 2.99. The van der Waals surface area contributed by atoms with E-state index >= 15 is 0 Å². The van der Waals surface area contributed by atoms with Crippen LogP contribution in [0.4, 0.5) is 5.69 Å². The Labute approximate surface area is 144 Å². The minimum Gasteiger partial charge on any atom is -0.372 e. The van der Waals surface area contributed by atoms with E-state index in [1.54, 1.807) is 36.2 Å².